The minimum atomic E-state index is -0.356. The maximum Gasteiger partial charge on any atom is 0.267 e. The second-order valence-electron chi connectivity index (χ2n) is 8.07. The van der Waals surface area contributed by atoms with Crippen LogP contribution in [0.15, 0.2) is 6.33 Å². The molecule has 136 valence electrons. The van der Waals surface area contributed by atoms with Crippen LogP contribution >= 0.6 is 0 Å². The Morgan fingerprint density at radius 1 is 1.32 bits per heavy atom. The van der Waals surface area contributed by atoms with Crippen LogP contribution in [0.1, 0.15) is 33.1 Å². The molecule has 2 aliphatic rings. The van der Waals surface area contributed by atoms with Gasteiger partial charge in [0.25, 0.3) is 11.6 Å². The monoisotopic (exact) mass is 344 g/mol. The van der Waals surface area contributed by atoms with Gasteiger partial charge in [0.15, 0.2) is 0 Å². The molecule has 1 N–H and O–H groups in total. The second-order valence-corrected chi connectivity index (χ2v) is 8.07. The molecule has 2 aromatic heterocycles. The summed E-state index contributed by atoms with van der Waals surface area (Å²) in [4.78, 5) is 11.7. The highest BCUT2D eigenvalue weighted by Crippen LogP contribution is 2.45. The van der Waals surface area contributed by atoms with E-state index in [0.717, 1.165) is 42.2 Å². The summed E-state index contributed by atoms with van der Waals surface area (Å²) in [7, 11) is 6.11. The fraction of sp³-hybridized carbons (Fsp3) is 0.722. The number of hydrogen-bond acceptors (Lipinski definition) is 5. The van der Waals surface area contributed by atoms with E-state index in [1.54, 1.807) is 0 Å². The van der Waals surface area contributed by atoms with Crippen LogP contribution in [0.5, 0.6) is 0 Å². The summed E-state index contributed by atoms with van der Waals surface area (Å²) in [6.45, 7) is 4.32. The van der Waals surface area contributed by atoms with Crippen molar-refractivity contribution in [2.75, 3.05) is 17.3 Å². The summed E-state index contributed by atoms with van der Waals surface area (Å²) in [5.41, 5.74) is 1.95. The molecule has 0 radical (unpaired) electrons. The third kappa shape index (κ3) is 2.56. The minimum absolute atomic E-state index is 0.337. The fourth-order valence-corrected chi connectivity index (χ4v) is 4.53. The summed E-state index contributed by atoms with van der Waals surface area (Å²) < 4.78 is 4.14. The highest BCUT2D eigenvalue weighted by Gasteiger charge is 2.42. The molecule has 0 amide bonds. The largest absolute Gasteiger partial charge is 0.852 e. The Balaban J connectivity index is 1.70. The molecule has 0 saturated heterocycles. The number of aromatic nitrogens is 4. The van der Waals surface area contributed by atoms with Crippen molar-refractivity contribution in [3.63, 3.8) is 0 Å². The van der Waals surface area contributed by atoms with E-state index in [0.29, 0.717) is 23.9 Å². The fourth-order valence-electron chi connectivity index (χ4n) is 4.53. The molecule has 7 nitrogen and oxygen atoms in total. The molecule has 7 heteroatoms. The molecule has 2 bridgehead atoms. The standard InChI is InChI=1S/C18H27N6O/c1-10(2)23(4)18-21-15-16(19-9-22(3)17(15)24(18)5)20-13-7-12-6-11(13)8-14(12)25/h9-14H,6-8H2,1-5H3/q-1/p+1/t11-,12-,13-,14-/m0/s1. The molecule has 2 aliphatic carbocycles. The number of fused-ring (bicyclic) bond motifs is 3. The first-order valence-corrected chi connectivity index (χ1v) is 9.23. The Kier molecular flexibility index (Phi) is 3.86. The van der Waals surface area contributed by atoms with Crippen LogP contribution in [-0.4, -0.2) is 39.8 Å². The zero-order valence-electron chi connectivity index (χ0n) is 15.7. The average molecular weight is 344 g/mol. The van der Waals surface area contributed by atoms with E-state index in [1.165, 1.54) is 0 Å². The summed E-state index contributed by atoms with van der Waals surface area (Å²) in [5.74, 6) is 2.60. The van der Waals surface area contributed by atoms with E-state index in [4.69, 9.17) is 4.98 Å². The van der Waals surface area contributed by atoms with Gasteiger partial charge in [0.2, 0.25) is 17.7 Å². The zero-order chi connectivity index (χ0) is 17.9. The quantitative estimate of drug-likeness (QED) is 0.821. The average Bonchev–Trinajstić information content (AvgIpc) is 3.22. The molecule has 2 saturated carbocycles. The van der Waals surface area contributed by atoms with Gasteiger partial charge in [-0.15, -0.1) is 6.10 Å². The first-order chi connectivity index (χ1) is 11.9. The molecule has 0 unspecified atom stereocenters. The van der Waals surface area contributed by atoms with Crippen molar-refractivity contribution in [2.24, 2.45) is 25.9 Å². The summed E-state index contributed by atoms with van der Waals surface area (Å²) in [5, 5.41) is 15.5. The molecule has 2 aromatic rings. The van der Waals surface area contributed by atoms with Gasteiger partial charge >= 0.3 is 0 Å². The zero-order valence-corrected chi connectivity index (χ0v) is 15.7. The van der Waals surface area contributed by atoms with Gasteiger partial charge in [-0.05, 0) is 32.6 Å². The maximum atomic E-state index is 11.9. The molecule has 0 spiro atoms. The van der Waals surface area contributed by atoms with E-state index in [1.807, 2.05) is 25.0 Å². The molecule has 4 rings (SSSR count). The van der Waals surface area contributed by atoms with Crippen molar-refractivity contribution in [3.05, 3.63) is 6.33 Å². The molecular formula is C18H28N6O. The van der Waals surface area contributed by atoms with Crippen molar-refractivity contribution >= 4 is 22.9 Å². The summed E-state index contributed by atoms with van der Waals surface area (Å²) in [6, 6.07) is 0.719. The predicted octanol–water partition coefficient (Wildman–Crippen LogP) is 0.577. The number of aryl methyl sites for hydroxylation is 2. The predicted molar refractivity (Wildman–Crippen MR) is 95.3 cm³/mol. The number of nitrogens with zero attached hydrogens (tertiary/aromatic N) is 5. The van der Waals surface area contributed by atoms with E-state index in [9.17, 15) is 5.11 Å². The van der Waals surface area contributed by atoms with Crippen LogP contribution in [0.2, 0.25) is 0 Å². The van der Waals surface area contributed by atoms with E-state index in [-0.39, 0.29) is 6.10 Å². The van der Waals surface area contributed by atoms with Crippen LogP contribution in [-0.2, 0) is 14.1 Å². The molecule has 0 aromatic carbocycles. The van der Waals surface area contributed by atoms with E-state index in [2.05, 4.69) is 40.7 Å². The highest BCUT2D eigenvalue weighted by molar-refractivity contribution is 5.83. The lowest BCUT2D eigenvalue weighted by atomic mass is 9.93. The van der Waals surface area contributed by atoms with Crippen molar-refractivity contribution in [3.8, 4) is 0 Å². The second kappa shape index (κ2) is 5.83. The SMILES string of the molecule is CC(C)N(C)c1nc2c(N[C@H]3C[C@@H]4C[C@H]3C[C@@H]4[O-])nc[n+](C)c2n1C. The Morgan fingerprint density at radius 3 is 2.68 bits per heavy atom. The first-order valence-electron chi connectivity index (χ1n) is 9.23. The molecule has 25 heavy (non-hydrogen) atoms. The van der Waals surface area contributed by atoms with Crippen molar-refractivity contribution in [1.29, 1.82) is 0 Å². The van der Waals surface area contributed by atoms with Crippen LogP contribution in [0.4, 0.5) is 11.8 Å². The van der Waals surface area contributed by atoms with Crippen molar-refractivity contribution < 1.29 is 9.67 Å². The molecule has 2 heterocycles. The lowest BCUT2D eigenvalue weighted by Crippen LogP contribution is -2.38. The van der Waals surface area contributed by atoms with Gasteiger partial charge < -0.3 is 15.3 Å². The number of anilines is 2. The maximum absolute atomic E-state index is 11.9. The Bertz CT molecular complexity index is 798. The van der Waals surface area contributed by atoms with Gasteiger partial charge in [0.1, 0.15) is 0 Å². The lowest BCUT2D eigenvalue weighted by molar-refractivity contribution is -0.650. The topological polar surface area (TPSA) is 72.9 Å². The van der Waals surface area contributed by atoms with Crippen molar-refractivity contribution in [2.45, 2.75) is 51.3 Å². The third-order valence-corrected chi connectivity index (χ3v) is 6.16. The van der Waals surface area contributed by atoms with Gasteiger partial charge in [0.05, 0.1) is 14.1 Å². The lowest BCUT2D eigenvalue weighted by Gasteiger charge is -2.32. The van der Waals surface area contributed by atoms with Crippen LogP contribution in [0.25, 0.3) is 11.2 Å². The van der Waals surface area contributed by atoms with Gasteiger partial charge in [-0.3, -0.25) is 0 Å². The normalized spacial score (nSPS) is 28.3. The van der Waals surface area contributed by atoms with Crippen molar-refractivity contribution in [1.82, 2.24) is 14.5 Å². The Morgan fingerprint density at radius 2 is 2.08 bits per heavy atom. The third-order valence-electron chi connectivity index (χ3n) is 6.16. The van der Waals surface area contributed by atoms with Crippen LogP contribution in [0, 0.1) is 11.8 Å². The van der Waals surface area contributed by atoms with Crippen LogP contribution < -0.4 is 19.9 Å². The van der Waals surface area contributed by atoms with E-state index >= 15 is 0 Å². The molecular weight excluding hydrogens is 316 g/mol. The van der Waals surface area contributed by atoms with Gasteiger partial charge in [0, 0.05) is 19.1 Å². The molecule has 0 aliphatic heterocycles. The highest BCUT2D eigenvalue weighted by atomic mass is 16.3. The Labute approximate surface area is 148 Å². The summed E-state index contributed by atoms with van der Waals surface area (Å²) in [6.07, 6.45) is 4.32. The van der Waals surface area contributed by atoms with Gasteiger partial charge in [-0.25, -0.2) is 9.13 Å². The minimum Gasteiger partial charge on any atom is -0.852 e. The number of nitrogens with one attached hydrogen (secondary N) is 1. The molecule has 2 fully saturated rings. The number of imidazole rings is 1. The molecule has 4 atom stereocenters. The summed E-state index contributed by atoms with van der Waals surface area (Å²) >= 11 is 0. The van der Waals surface area contributed by atoms with E-state index < -0.39 is 0 Å². The Hall–Kier alpha value is -1.89. The van der Waals surface area contributed by atoms with Gasteiger partial charge in [-0.1, -0.05) is 17.3 Å². The van der Waals surface area contributed by atoms with Gasteiger partial charge in [-0.2, -0.15) is 4.98 Å². The smallest absolute Gasteiger partial charge is 0.267 e. The number of rotatable bonds is 4. The van der Waals surface area contributed by atoms with Crippen LogP contribution in [0.3, 0.4) is 0 Å². The number of hydrogen-bond donors (Lipinski definition) is 1. The first kappa shape index (κ1) is 16.6.